The lowest BCUT2D eigenvalue weighted by molar-refractivity contribution is 0.106. The van der Waals surface area contributed by atoms with Crippen molar-refractivity contribution in [3.05, 3.63) is 58.3 Å². The molecule has 1 aromatic heterocycles. The second kappa shape index (κ2) is 10.6. The minimum absolute atomic E-state index is 0. The van der Waals surface area contributed by atoms with Gasteiger partial charge in [0.15, 0.2) is 5.96 Å². The second-order valence-corrected chi connectivity index (χ2v) is 5.55. The van der Waals surface area contributed by atoms with Gasteiger partial charge in [0.1, 0.15) is 0 Å². The number of rotatable bonds is 6. The Hall–Kier alpha value is -1.12. The number of guanidine groups is 1. The summed E-state index contributed by atoms with van der Waals surface area (Å²) in [6, 6.07) is 14.3. The highest BCUT2D eigenvalue weighted by molar-refractivity contribution is 14.0. The molecule has 2 aromatic rings. The van der Waals surface area contributed by atoms with Gasteiger partial charge in [0.05, 0.1) is 12.6 Å². The minimum Gasteiger partial charge on any atom is -0.375 e. The van der Waals surface area contributed by atoms with Gasteiger partial charge in [-0.3, -0.25) is 4.99 Å². The number of thiophene rings is 1. The summed E-state index contributed by atoms with van der Waals surface area (Å²) in [5.74, 6) is 0.779. The van der Waals surface area contributed by atoms with Gasteiger partial charge in [0.2, 0.25) is 0 Å². The van der Waals surface area contributed by atoms with E-state index in [4.69, 9.17) is 4.74 Å². The van der Waals surface area contributed by atoms with Crippen LogP contribution in [-0.4, -0.2) is 26.7 Å². The fourth-order valence-electron chi connectivity index (χ4n) is 2.00. The summed E-state index contributed by atoms with van der Waals surface area (Å²) in [5, 5.41) is 8.67. The molecule has 1 atom stereocenters. The standard InChI is InChI=1S/C16H21N3OS.HI/c1-17-16(18-11-14-9-6-10-21-14)19-12-15(20-2)13-7-4-3-5-8-13;/h3-10,15H,11-12H2,1-2H3,(H2,17,18,19);1H. The lowest BCUT2D eigenvalue weighted by Crippen LogP contribution is -2.39. The summed E-state index contributed by atoms with van der Waals surface area (Å²) in [6.07, 6.45) is 0.00601. The van der Waals surface area contributed by atoms with E-state index in [1.54, 1.807) is 25.5 Å². The summed E-state index contributed by atoms with van der Waals surface area (Å²) in [6.45, 7) is 1.45. The third-order valence-electron chi connectivity index (χ3n) is 3.14. The maximum absolute atomic E-state index is 5.54. The summed E-state index contributed by atoms with van der Waals surface area (Å²) in [7, 11) is 3.50. The lowest BCUT2D eigenvalue weighted by atomic mass is 10.1. The van der Waals surface area contributed by atoms with E-state index in [0.29, 0.717) is 6.54 Å². The SMILES string of the molecule is CN=C(NCc1cccs1)NCC(OC)c1ccccc1.I. The quantitative estimate of drug-likeness (QED) is 0.419. The number of nitrogens with one attached hydrogen (secondary N) is 2. The van der Waals surface area contributed by atoms with Crippen LogP contribution in [0.3, 0.4) is 0 Å². The Bertz CT molecular complexity index is 546. The predicted molar refractivity (Wildman–Crippen MR) is 104 cm³/mol. The van der Waals surface area contributed by atoms with E-state index >= 15 is 0 Å². The van der Waals surface area contributed by atoms with Crippen molar-refractivity contribution < 1.29 is 4.74 Å². The number of halogens is 1. The Morgan fingerprint density at radius 1 is 1.18 bits per heavy atom. The fourth-order valence-corrected chi connectivity index (χ4v) is 2.64. The van der Waals surface area contributed by atoms with Crippen molar-refractivity contribution in [2.24, 2.45) is 4.99 Å². The van der Waals surface area contributed by atoms with E-state index in [2.05, 4.69) is 39.2 Å². The van der Waals surface area contributed by atoms with E-state index < -0.39 is 0 Å². The van der Waals surface area contributed by atoms with Crippen LogP contribution in [0, 0.1) is 0 Å². The van der Waals surface area contributed by atoms with E-state index in [0.717, 1.165) is 18.1 Å². The van der Waals surface area contributed by atoms with Crippen molar-refractivity contribution in [3.8, 4) is 0 Å². The molecule has 22 heavy (non-hydrogen) atoms. The highest BCUT2D eigenvalue weighted by Crippen LogP contribution is 2.14. The van der Waals surface area contributed by atoms with Crippen molar-refractivity contribution in [1.29, 1.82) is 0 Å². The van der Waals surface area contributed by atoms with Crippen molar-refractivity contribution in [2.75, 3.05) is 20.7 Å². The normalized spacial score (nSPS) is 12.4. The van der Waals surface area contributed by atoms with Crippen molar-refractivity contribution in [2.45, 2.75) is 12.6 Å². The van der Waals surface area contributed by atoms with Gasteiger partial charge < -0.3 is 15.4 Å². The van der Waals surface area contributed by atoms with Crippen LogP contribution < -0.4 is 10.6 Å². The molecule has 0 saturated carbocycles. The Labute approximate surface area is 153 Å². The van der Waals surface area contributed by atoms with Crippen molar-refractivity contribution in [1.82, 2.24) is 10.6 Å². The third-order valence-corrected chi connectivity index (χ3v) is 4.02. The summed E-state index contributed by atoms with van der Waals surface area (Å²) in [4.78, 5) is 5.51. The van der Waals surface area contributed by atoms with E-state index in [1.807, 2.05) is 24.3 Å². The Kier molecular flexibility index (Phi) is 9.10. The number of aliphatic imine (C=N–C) groups is 1. The van der Waals surface area contributed by atoms with Crippen LogP contribution in [0.15, 0.2) is 52.8 Å². The highest BCUT2D eigenvalue weighted by atomic mass is 127. The highest BCUT2D eigenvalue weighted by Gasteiger charge is 2.10. The largest absolute Gasteiger partial charge is 0.375 e. The van der Waals surface area contributed by atoms with Crippen LogP contribution in [0.2, 0.25) is 0 Å². The van der Waals surface area contributed by atoms with E-state index in [-0.39, 0.29) is 30.1 Å². The van der Waals surface area contributed by atoms with Gasteiger partial charge in [0.25, 0.3) is 0 Å². The zero-order valence-electron chi connectivity index (χ0n) is 12.8. The maximum Gasteiger partial charge on any atom is 0.191 e. The van der Waals surface area contributed by atoms with E-state index in [1.165, 1.54) is 4.88 Å². The first-order chi connectivity index (χ1) is 10.3. The number of nitrogens with zero attached hydrogens (tertiary/aromatic N) is 1. The molecule has 0 fully saturated rings. The van der Waals surface area contributed by atoms with Gasteiger partial charge in [-0.1, -0.05) is 36.4 Å². The molecule has 0 spiro atoms. The first-order valence-electron chi connectivity index (χ1n) is 6.88. The smallest absolute Gasteiger partial charge is 0.191 e. The van der Waals surface area contributed by atoms with Crippen LogP contribution in [-0.2, 0) is 11.3 Å². The summed E-state index contributed by atoms with van der Waals surface area (Å²) in [5.41, 5.74) is 1.15. The number of benzene rings is 1. The zero-order valence-corrected chi connectivity index (χ0v) is 15.9. The molecule has 6 heteroatoms. The Balaban J connectivity index is 0.00000242. The van der Waals surface area contributed by atoms with Gasteiger partial charge in [-0.2, -0.15) is 0 Å². The molecule has 0 radical (unpaired) electrons. The molecule has 2 N–H and O–H groups in total. The summed E-state index contributed by atoms with van der Waals surface area (Å²) >= 11 is 1.73. The van der Waals surface area contributed by atoms with Crippen molar-refractivity contribution in [3.63, 3.8) is 0 Å². The number of hydrogen-bond acceptors (Lipinski definition) is 3. The van der Waals surface area contributed by atoms with Crippen LogP contribution in [0.4, 0.5) is 0 Å². The van der Waals surface area contributed by atoms with Crippen LogP contribution in [0.1, 0.15) is 16.5 Å². The molecule has 1 heterocycles. The first-order valence-corrected chi connectivity index (χ1v) is 7.76. The molecule has 1 unspecified atom stereocenters. The van der Waals surface area contributed by atoms with Crippen LogP contribution >= 0.6 is 35.3 Å². The Morgan fingerprint density at radius 3 is 2.55 bits per heavy atom. The predicted octanol–water partition coefficient (Wildman–Crippen LogP) is 3.42. The molecule has 0 aliphatic carbocycles. The summed E-state index contributed by atoms with van der Waals surface area (Å²) < 4.78 is 5.54. The van der Waals surface area contributed by atoms with Gasteiger partial charge in [-0.15, -0.1) is 35.3 Å². The number of ether oxygens (including phenoxy) is 1. The Morgan fingerprint density at radius 2 is 1.95 bits per heavy atom. The minimum atomic E-state index is 0. The van der Waals surface area contributed by atoms with Gasteiger partial charge in [-0.05, 0) is 17.0 Å². The van der Waals surface area contributed by atoms with Crippen LogP contribution in [0.5, 0.6) is 0 Å². The third kappa shape index (κ3) is 5.94. The van der Waals surface area contributed by atoms with Gasteiger partial charge in [0, 0.05) is 25.6 Å². The lowest BCUT2D eigenvalue weighted by Gasteiger charge is -2.18. The number of methoxy groups -OCH3 is 1. The monoisotopic (exact) mass is 431 g/mol. The average molecular weight is 431 g/mol. The first kappa shape index (κ1) is 18.9. The molecule has 4 nitrogen and oxygen atoms in total. The average Bonchev–Trinajstić information content (AvgIpc) is 3.05. The molecule has 0 saturated heterocycles. The molecule has 0 amide bonds. The topological polar surface area (TPSA) is 45.7 Å². The molecule has 0 bridgehead atoms. The van der Waals surface area contributed by atoms with E-state index in [9.17, 15) is 0 Å². The fraction of sp³-hybridized carbons (Fsp3) is 0.312. The van der Waals surface area contributed by atoms with Gasteiger partial charge >= 0.3 is 0 Å². The molecule has 0 aliphatic rings. The van der Waals surface area contributed by atoms with Gasteiger partial charge in [-0.25, -0.2) is 0 Å². The number of hydrogen-bond donors (Lipinski definition) is 2. The zero-order chi connectivity index (χ0) is 14.9. The van der Waals surface area contributed by atoms with Crippen molar-refractivity contribution >= 4 is 41.3 Å². The maximum atomic E-state index is 5.54. The van der Waals surface area contributed by atoms with Crippen LogP contribution in [0.25, 0.3) is 0 Å². The molecule has 2 rings (SSSR count). The molecule has 1 aromatic carbocycles. The second-order valence-electron chi connectivity index (χ2n) is 4.52. The molecular weight excluding hydrogens is 409 g/mol. The molecule has 0 aliphatic heterocycles. The molecular formula is C16H22IN3OS. The molecule has 120 valence electrons.